The van der Waals surface area contributed by atoms with Crippen LogP contribution in [0.2, 0.25) is 0 Å². The Morgan fingerprint density at radius 3 is 2.61 bits per heavy atom. The summed E-state index contributed by atoms with van der Waals surface area (Å²) in [6.07, 6.45) is 1.37. The minimum absolute atomic E-state index is 0.200. The van der Waals surface area contributed by atoms with E-state index >= 15 is 0 Å². The van der Waals surface area contributed by atoms with Crippen molar-refractivity contribution in [2.45, 2.75) is 11.8 Å². The lowest BCUT2D eigenvalue weighted by atomic mass is 10.2. The molecule has 11 heteroatoms. The first-order valence-electron chi connectivity index (χ1n) is 8.75. The second kappa shape index (κ2) is 7.15. The number of carbonyl (C=O) groups is 1. The Labute approximate surface area is 166 Å². The van der Waals surface area contributed by atoms with Gasteiger partial charge in [-0.1, -0.05) is 6.07 Å². The van der Waals surface area contributed by atoms with Crippen LogP contribution in [0.3, 0.4) is 0 Å². The molecule has 1 aliphatic heterocycles. The van der Waals surface area contributed by atoms with Crippen molar-refractivity contribution in [2.75, 3.05) is 26.2 Å². The topological polar surface area (TPSA) is 104 Å². The van der Waals surface area contributed by atoms with Crippen molar-refractivity contribution in [3.63, 3.8) is 0 Å². The molecule has 1 amide bonds. The van der Waals surface area contributed by atoms with Gasteiger partial charge >= 0.3 is 0 Å². The number of rotatable bonds is 4. The summed E-state index contributed by atoms with van der Waals surface area (Å²) in [4.78, 5) is 15.6. The number of sulfonamides is 1. The highest BCUT2D eigenvalue weighted by Crippen LogP contribution is 2.24. The van der Waals surface area contributed by atoms with Crippen molar-refractivity contribution in [2.24, 2.45) is 7.05 Å². The molecule has 3 aromatic rings. The van der Waals surface area contributed by atoms with E-state index in [1.807, 2.05) is 17.5 Å². The van der Waals surface area contributed by atoms with E-state index < -0.39 is 10.0 Å². The molecule has 1 N–H and O–H groups in total. The highest BCUT2D eigenvalue weighted by Gasteiger charge is 2.33. The van der Waals surface area contributed by atoms with Crippen LogP contribution in [0.5, 0.6) is 0 Å². The van der Waals surface area contributed by atoms with Crippen LogP contribution in [0.1, 0.15) is 16.2 Å². The number of H-pyrrole nitrogens is 1. The van der Waals surface area contributed by atoms with Gasteiger partial charge in [0.15, 0.2) is 5.69 Å². The van der Waals surface area contributed by atoms with Gasteiger partial charge in [0.2, 0.25) is 10.0 Å². The second-order valence-corrected chi connectivity index (χ2v) is 9.41. The van der Waals surface area contributed by atoms with E-state index in [0.29, 0.717) is 24.5 Å². The third-order valence-corrected chi connectivity index (χ3v) is 7.82. The molecule has 4 heterocycles. The van der Waals surface area contributed by atoms with Crippen molar-refractivity contribution in [3.05, 3.63) is 41.2 Å². The molecule has 3 aromatic heterocycles. The van der Waals surface area contributed by atoms with Crippen molar-refractivity contribution in [3.8, 4) is 10.6 Å². The number of piperazine rings is 1. The molecule has 9 nitrogen and oxygen atoms in total. The summed E-state index contributed by atoms with van der Waals surface area (Å²) in [5.41, 5.74) is 1.73. The summed E-state index contributed by atoms with van der Waals surface area (Å²) in [6.45, 7) is 2.84. The lowest BCUT2D eigenvalue weighted by Gasteiger charge is -2.33. The summed E-state index contributed by atoms with van der Waals surface area (Å²) in [5, 5.41) is 13.0. The average Bonchev–Trinajstić information content (AvgIpc) is 3.43. The maximum atomic E-state index is 12.9. The highest BCUT2D eigenvalue weighted by molar-refractivity contribution is 7.89. The Morgan fingerprint density at radius 2 is 2.00 bits per heavy atom. The minimum atomic E-state index is -3.62. The zero-order valence-electron chi connectivity index (χ0n) is 15.5. The molecular weight excluding hydrogens is 400 g/mol. The monoisotopic (exact) mass is 420 g/mol. The van der Waals surface area contributed by atoms with Crippen molar-refractivity contribution in [1.29, 1.82) is 0 Å². The molecular formula is C17H20N6O3S2. The smallest absolute Gasteiger partial charge is 0.274 e. The van der Waals surface area contributed by atoms with Crippen LogP contribution in [0, 0.1) is 6.92 Å². The van der Waals surface area contributed by atoms with E-state index in [1.165, 1.54) is 15.2 Å². The predicted octanol–water partition coefficient (Wildman–Crippen LogP) is 1.33. The van der Waals surface area contributed by atoms with E-state index in [9.17, 15) is 13.2 Å². The molecule has 0 bridgehead atoms. The van der Waals surface area contributed by atoms with E-state index in [2.05, 4.69) is 15.3 Å². The van der Waals surface area contributed by atoms with Crippen LogP contribution in [0.15, 0.2) is 34.7 Å². The van der Waals surface area contributed by atoms with Crippen LogP contribution >= 0.6 is 11.3 Å². The number of nitrogens with zero attached hydrogens (tertiary/aromatic N) is 5. The Morgan fingerprint density at radius 1 is 1.25 bits per heavy atom. The second-order valence-electron chi connectivity index (χ2n) is 6.56. The molecule has 28 heavy (non-hydrogen) atoms. The van der Waals surface area contributed by atoms with Gasteiger partial charge in [0.05, 0.1) is 22.5 Å². The minimum Gasteiger partial charge on any atom is -0.335 e. The standard InChI is InChI=1S/C17H20N6O3S2/c1-12-16(11-18-21(12)2)28(25,26)23-7-5-22(6-8-23)17(24)14-10-13(19-20-14)15-4-3-9-27-15/h3-4,9-11H,5-8H2,1-2H3,(H,19,20). The van der Waals surface area contributed by atoms with E-state index in [-0.39, 0.29) is 23.9 Å². The summed E-state index contributed by atoms with van der Waals surface area (Å²) >= 11 is 1.56. The lowest BCUT2D eigenvalue weighted by molar-refractivity contribution is 0.0692. The molecule has 0 spiro atoms. The third kappa shape index (κ3) is 3.25. The van der Waals surface area contributed by atoms with E-state index in [1.54, 1.807) is 36.3 Å². The van der Waals surface area contributed by atoms with Gasteiger partial charge in [-0.3, -0.25) is 14.6 Å². The van der Waals surface area contributed by atoms with Crippen LogP contribution in [-0.4, -0.2) is 69.7 Å². The van der Waals surface area contributed by atoms with Crippen LogP contribution in [0.25, 0.3) is 10.6 Å². The van der Waals surface area contributed by atoms with Gasteiger partial charge in [-0.05, 0) is 24.4 Å². The summed E-state index contributed by atoms with van der Waals surface area (Å²) < 4.78 is 28.7. The van der Waals surface area contributed by atoms with Crippen LogP contribution < -0.4 is 0 Å². The first-order chi connectivity index (χ1) is 13.4. The fourth-order valence-corrected chi connectivity index (χ4v) is 5.45. The Kier molecular flexibility index (Phi) is 4.81. The number of aromatic nitrogens is 4. The number of hydrogen-bond acceptors (Lipinski definition) is 6. The number of amides is 1. The SMILES string of the molecule is Cc1c(S(=O)(=O)N2CCN(C(=O)c3cc(-c4cccs4)[nH]n3)CC2)cnn1C. The van der Waals surface area contributed by atoms with Gasteiger partial charge < -0.3 is 4.90 Å². The highest BCUT2D eigenvalue weighted by atomic mass is 32.2. The van der Waals surface area contributed by atoms with Crippen LogP contribution in [0.4, 0.5) is 0 Å². The molecule has 1 fully saturated rings. The fourth-order valence-electron chi connectivity index (χ4n) is 3.15. The van der Waals surface area contributed by atoms with Crippen LogP contribution in [-0.2, 0) is 17.1 Å². The van der Waals surface area contributed by atoms with Gasteiger partial charge in [-0.25, -0.2) is 8.42 Å². The molecule has 0 unspecified atom stereocenters. The number of nitrogens with one attached hydrogen (secondary N) is 1. The molecule has 0 aliphatic carbocycles. The Hall–Kier alpha value is -2.50. The van der Waals surface area contributed by atoms with E-state index in [4.69, 9.17) is 0 Å². The lowest BCUT2D eigenvalue weighted by Crippen LogP contribution is -2.50. The zero-order valence-corrected chi connectivity index (χ0v) is 17.1. The van der Waals surface area contributed by atoms with Crippen molar-refractivity contribution < 1.29 is 13.2 Å². The fraction of sp³-hybridized carbons (Fsp3) is 0.353. The summed E-state index contributed by atoms with van der Waals surface area (Å²) in [5.74, 6) is -0.200. The summed E-state index contributed by atoms with van der Waals surface area (Å²) in [6, 6.07) is 5.62. The number of thiophene rings is 1. The Balaban J connectivity index is 1.44. The Bertz CT molecular complexity index is 1090. The molecule has 4 rings (SSSR count). The molecule has 0 radical (unpaired) electrons. The van der Waals surface area contributed by atoms with Crippen molar-refractivity contribution in [1.82, 2.24) is 29.2 Å². The molecule has 148 valence electrons. The molecule has 1 saturated heterocycles. The number of aromatic amines is 1. The largest absolute Gasteiger partial charge is 0.335 e. The van der Waals surface area contributed by atoms with Gasteiger partial charge in [0.1, 0.15) is 4.90 Å². The normalized spacial score (nSPS) is 15.9. The van der Waals surface area contributed by atoms with Gasteiger partial charge in [-0.15, -0.1) is 11.3 Å². The molecule has 0 saturated carbocycles. The van der Waals surface area contributed by atoms with E-state index in [0.717, 1.165) is 10.6 Å². The third-order valence-electron chi connectivity index (χ3n) is 4.92. The first kappa shape index (κ1) is 18.8. The maximum absolute atomic E-state index is 12.9. The first-order valence-corrected chi connectivity index (χ1v) is 11.1. The quantitative estimate of drug-likeness (QED) is 0.686. The summed E-state index contributed by atoms with van der Waals surface area (Å²) in [7, 11) is -1.91. The van der Waals surface area contributed by atoms with Gasteiger partial charge in [0.25, 0.3) is 5.91 Å². The van der Waals surface area contributed by atoms with Gasteiger partial charge in [-0.2, -0.15) is 14.5 Å². The maximum Gasteiger partial charge on any atom is 0.274 e. The number of carbonyl (C=O) groups excluding carboxylic acids is 1. The molecule has 0 atom stereocenters. The van der Waals surface area contributed by atoms with Gasteiger partial charge in [0, 0.05) is 33.2 Å². The number of aryl methyl sites for hydroxylation is 1. The number of hydrogen-bond donors (Lipinski definition) is 1. The van der Waals surface area contributed by atoms with Crippen molar-refractivity contribution >= 4 is 27.3 Å². The molecule has 1 aliphatic rings. The zero-order chi connectivity index (χ0) is 19.9. The average molecular weight is 421 g/mol. The predicted molar refractivity (Wildman–Crippen MR) is 105 cm³/mol. The molecule has 0 aromatic carbocycles.